The minimum absolute atomic E-state index is 0.0698. The van der Waals surface area contributed by atoms with Crippen LogP contribution in [0.2, 0.25) is 18.1 Å². The third-order valence-corrected chi connectivity index (χ3v) is 11.4. The Kier molecular flexibility index (Phi) is 17.0. The number of rotatable bonds is 19. The van der Waals surface area contributed by atoms with E-state index in [1.165, 1.54) is 84.2 Å². The molecule has 0 aromatic carbocycles. The molecule has 0 radical (unpaired) electrons. The van der Waals surface area contributed by atoms with Crippen molar-refractivity contribution in [2.45, 2.75) is 155 Å². The normalized spacial score (nSPS) is 13.4. The standard InChI is InChI=1S/C26H54O3Si/c1-8-24(29-30(6,7)26(2,3)4)22-20-18-16-14-12-10-9-11-13-15-17-19-21-23-25(27)28-5/h24H,8-23H2,1-7H3. The maximum atomic E-state index is 11.0. The molecule has 30 heavy (non-hydrogen) atoms. The summed E-state index contributed by atoms with van der Waals surface area (Å²) in [5, 5.41) is 0.310. The van der Waals surface area contributed by atoms with Crippen LogP contribution in [0.4, 0.5) is 0 Å². The van der Waals surface area contributed by atoms with E-state index in [1.54, 1.807) is 0 Å². The van der Waals surface area contributed by atoms with Gasteiger partial charge in [-0.25, -0.2) is 0 Å². The van der Waals surface area contributed by atoms with Crippen LogP contribution in [0.15, 0.2) is 0 Å². The number of carbonyl (C=O) groups is 1. The summed E-state index contributed by atoms with van der Waals surface area (Å²) in [4.78, 5) is 11.0. The molecule has 4 heteroatoms. The monoisotopic (exact) mass is 442 g/mol. The minimum Gasteiger partial charge on any atom is -0.469 e. The predicted molar refractivity (Wildman–Crippen MR) is 134 cm³/mol. The van der Waals surface area contributed by atoms with E-state index in [0.717, 1.165) is 19.3 Å². The Bertz CT molecular complexity index is 415. The van der Waals surface area contributed by atoms with Crippen LogP contribution in [0.1, 0.15) is 130 Å². The summed E-state index contributed by atoms with van der Waals surface area (Å²) in [6, 6.07) is 0. The van der Waals surface area contributed by atoms with Gasteiger partial charge < -0.3 is 9.16 Å². The summed E-state index contributed by atoms with van der Waals surface area (Å²) in [5.74, 6) is -0.0698. The van der Waals surface area contributed by atoms with Crippen molar-refractivity contribution in [1.29, 1.82) is 0 Å². The van der Waals surface area contributed by atoms with E-state index in [-0.39, 0.29) is 5.97 Å². The van der Waals surface area contributed by atoms with Crippen LogP contribution in [-0.4, -0.2) is 27.5 Å². The average molecular weight is 443 g/mol. The van der Waals surface area contributed by atoms with Gasteiger partial charge in [-0.15, -0.1) is 0 Å². The molecule has 0 bridgehead atoms. The Morgan fingerprint density at radius 3 is 1.53 bits per heavy atom. The summed E-state index contributed by atoms with van der Waals surface area (Å²) in [6.07, 6.45) is 20.5. The Morgan fingerprint density at radius 1 is 0.767 bits per heavy atom. The zero-order valence-electron chi connectivity index (χ0n) is 21.6. The smallest absolute Gasteiger partial charge is 0.305 e. The van der Waals surface area contributed by atoms with Gasteiger partial charge in [0.1, 0.15) is 0 Å². The molecule has 0 rings (SSSR count). The van der Waals surface area contributed by atoms with Crippen molar-refractivity contribution in [3.05, 3.63) is 0 Å². The Morgan fingerprint density at radius 2 is 1.17 bits per heavy atom. The maximum Gasteiger partial charge on any atom is 0.305 e. The lowest BCUT2D eigenvalue weighted by Crippen LogP contribution is -2.43. The molecule has 0 saturated carbocycles. The Labute approximate surface area is 190 Å². The fourth-order valence-electron chi connectivity index (χ4n) is 3.63. The topological polar surface area (TPSA) is 35.5 Å². The van der Waals surface area contributed by atoms with Gasteiger partial charge in [-0.05, 0) is 37.4 Å². The highest BCUT2D eigenvalue weighted by molar-refractivity contribution is 6.74. The molecule has 0 fully saturated rings. The number of hydrogen-bond acceptors (Lipinski definition) is 3. The fourth-order valence-corrected chi connectivity index (χ4v) is 5.10. The van der Waals surface area contributed by atoms with E-state index in [2.05, 4.69) is 45.5 Å². The first-order valence-corrected chi connectivity index (χ1v) is 15.8. The van der Waals surface area contributed by atoms with Crippen molar-refractivity contribution in [2.24, 2.45) is 0 Å². The quantitative estimate of drug-likeness (QED) is 0.114. The lowest BCUT2D eigenvalue weighted by atomic mass is 10.0. The Hall–Kier alpha value is -0.353. The molecule has 3 nitrogen and oxygen atoms in total. The highest BCUT2D eigenvalue weighted by Crippen LogP contribution is 2.38. The van der Waals surface area contributed by atoms with Gasteiger partial charge in [-0.3, -0.25) is 4.79 Å². The highest BCUT2D eigenvalue weighted by Gasteiger charge is 2.38. The number of unbranched alkanes of at least 4 members (excludes halogenated alkanes) is 12. The molecule has 0 aliphatic rings. The molecule has 0 heterocycles. The maximum absolute atomic E-state index is 11.0. The molecule has 0 aliphatic heterocycles. The zero-order valence-corrected chi connectivity index (χ0v) is 22.6. The van der Waals surface area contributed by atoms with Crippen molar-refractivity contribution in [3.8, 4) is 0 Å². The first kappa shape index (κ1) is 29.6. The second-order valence-corrected chi connectivity index (χ2v) is 15.4. The average Bonchev–Trinajstić information content (AvgIpc) is 2.68. The van der Waals surface area contributed by atoms with Crippen LogP contribution in [0.25, 0.3) is 0 Å². The van der Waals surface area contributed by atoms with Crippen molar-refractivity contribution < 1.29 is 14.0 Å². The molecule has 0 spiro atoms. The third-order valence-electron chi connectivity index (χ3n) is 6.86. The summed E-state index contributed by atoms with van der Waals surface area (Å²) >= 11 is 0. The molecule has 180 valence electrons. The van der Waals surface area contributed by atoms with Crippen molar-refractivity contribution in [3.63, 3.8) is 0 Å². The lowest BCUT2D eigenvalue weighted by molar-refractivity contribution is -0.140. The zero-order chi connectivity index (χ0) is 22.9. The van der Waals surface area contributed by atoms with E-state index < -0.39 is 8.32 Å². The van der Waals surface area contributed by atoms with E-state index in [9.17, 15) is 4.79 Å². The van der Waals surface area contributed by atoms with Crippen LogP contribution in [0, 0.1) is 0 Å². The molecular weight excluding hydrogens is 388 g/mol. The van der Waals surface area contributed by atoms with Gasteiger partial charge in [0.25, 0.3) is 0 Å². The van der Waals surface area contributed by atoms with Crippen LogP contribution in [0.5, 0.6) is 0 Å². The SMILES string of the molecule is CCC(CCCCCCCCCCCCCCCC(=O)OC)O[Si](C)(C)C(C)(C)C. The second kappa shape index (κ2) is 17.2. The van der Waals surface area contributed by atoms with Crippen LogP contribution >= 0.6 is 0 Å². The molecule has 0 aromatic rings. The van der Waals surface area contributed by atoms with Gasteiger partial charge in [0.15, 0.2) is 8.32 Å². The molecule has 0 aromatic heterocycles. The second-order valence-electron chi connectivity index (χ2n) is 10.6. The van der Waals surface area contributed by atoms with Gasteiger partial charge in [0, 0.05) is 12.5 Å². The van der Waals surface area contributed by atoms with Gasteiger partial charge >= 0.3 is 5.97 Å². The fraction of sp³-hybridized carbons (Fsp3) is 0.962. The molecule has 0 N–H and O–H groups in total. The summed E-state index contributed by atoms with van der Waals surface area (Å²) in [6.45, 7) is 14.0. The van der Waals surface area contributed by atoms with E-state index in [0.29, 0.717) is 17.6 Å². The van der Waals surface area contributed by atoms with Crippen molar-refractivity contribution in [2.75, 3.05) is 7.11 Å². The van der Waals surface area contributed by atoms with E-state index in [4.69, 9.17) is 4.43 Å². The largest absolute Gasteiger partial charge is 0.469 e. The lowest BCUT2D eigenvalue weighted by Gasteiger charge is -2.39. The molecule has 0 aliphatic carbocycles. The van der Waals surface area contributed by atoms with E-state index in [1.807, 2.05) is 0 Å². The summed E-state index contributed by atoms with van der Waals surface area (Å²) in [5.41, 5.74) is 0. The minimum atomic E-state index is -1.62. The number of methoxy groups -OCH3 is 1. The third kappa shape index (κ3) is 15.4. The highest BCUT2D eigenvalue weighted by atomic mass is 28.4. The van der Waals surface area contributed by atoms with Crippen molar-refractivity contribution >= 4 is 14.3 Å². The summed E-state index contributed by atoms with van der Waals surface area (Å²) < 4.78 is 11.3. The number of carbonyl (C=O) groups excluding carboxylic acids is 1. The molecule has 0 amide bonds. The molecule has 1 atom stereocenters. The van der Waals surface area contributed by atoms with Gasteiger partial charge in [0.2, 0.25) is 0 Å². The molecular formula is C26H54O3Si. The molecule has 0 saturated heterocycles. The van der Waals surface area contributed by atoms with Gasteiger partial charge in [-0.1, -0.05) is 105 Å². The predicted octanol–water partition coefficient (Wildman–Crippen LogP) is 8.81. The van der Waals surface area contributed by atoms with E-state index >= 15 is 0 Å². The first-order chi connectivity index (χ1) is 14.1. The van der Waals surface area contributed by atoms with Crippen molar-refractivity contribution in [1.82, 2.24) is 0 Å². The number of esters is 1. The number of hydrogen-bond donors (Lipinski definition) is 0. The Balaban J connectivity index is 3.48. The van der Waals surface area contributed by atoms with Crippen LogP contribution in [-0.2, 0) is 14.0 Å². The first-order valence-electron chi connectivity index (χ1n) is 12.9. The summed E-state index contributed by atoms with van der Waals surface area (Å²) in [7, 11) is -0.153. The number of ether oxygens (including phenoxy) is 1. The van der Waals surface area contributed by atoms with Crippen LogP contribution < -0.4 is 0 Å². The van der Waals surface area contributed by atoms with Gasteiger partial charge in [0.05, 0.1) is 7.11 Å². The molecule has 1 unspecified atom stereocenters. The van der Waals surface area contributed by atoms with Gasteiger partial charge in [-0.2, -0.15) is 0 Å². The van der Waals surface area contributed by atoms with Crippen LogP contribution in [0.3, 0.4) is 0 Å².